The lowest BCUT2D eigenvalue weighted by Crippen LogP contribution is -2.46. The average Bonchev–Trinajstić information content (AvgIpc) is 2.91. The zero-order chi connectivity index (χ0) is 15.2. The van der Waals surface area contributed by atoms with Crippen molar-refractivity contribution in [1.82, 2.24) is 10.2 Å². The molecule has 1 atom stereocenters. The van der Waals surface area contributed by atoms with Gasteiger partial charge in [-0.15, -0.1) is 11.3 Å². The SMILES string of the molecule is CC(=O)Nc1ccsc1CNC(C)C(=O)N1CCCCC1. The minimum absolute atomic E-state index is 0.0768. The topological polar surface area (TPSA) is 61.4 Å². The largest absolute Gasteiger partial charge is 0.341 e. The maximum absolute atomic E-state index is 12.3. The molecule has 1 aliphatic heterocycles. The number of rotatable bonds is 5. The van der Waals surface area contributed by atoms with Crippen molar-refractivity contribution in [3.8, 4) is 0 Å². The van der Waals surface area contributed by atoms with Crippen LogP contribution < -0.4 is 10.6 Å². The highest BCUT2D eigenvalue weighted by Gasteiger charge is 2.22. The first-order valence-corrected chi connectivity index (χ1v) is 8.32. The van der Waals surface area contributed by atoms with Gasteiger partial charge in [0.25, 0.3) is 0 Å². The lowest BCUT2D eigenvalue weighted by atomic mass is 10.1. The van der Waals surface area contributed by atoms with Gasteiger partial charge in [0.15, 0.2) is 0 Å². The summed E-state index contributed by atoms with van der Waals surface area (Å²) in [6.07, 6.45) is 3.44. The maximum atomic E-state index is 12.3. The fraction of sp³-hybridized carbons (Fsp3) is 0.600. The molecule has 2 rings (SSSR count). The summed E-state index contributed by atoms with van der Waals surface area (Å²) < 4.78 is 0. The van der Waals surface area contributed by atoms with E-state index in [4.69, 9.17) is 0 Å². The number of anilines is 1. The quantitative estimate of drug-likeness (QED) is 0.876. The standard InChI is InChI=1S/C15H23N3O2S/c1-11(15(20)18-7-4-3-5-8-18)16-10-14-13(6-9-21-14)17-12(2)19/h6,9,11,16H,3-5,7-8,10H2,1-2H3,(H,17,19). The summed E-state index contributed by atoms with van der Waals surface area (Å²) in [6, 6.07) is 1.69. The van der Waals surface area contributed by atoms with Crippen LogP contribution in [-0.4, -0.2) is 35.8 Å². The van der Waals surface area contributed by atoms with Gasteiger partial charge in [0.05, 0.1) is 11.7 Å². The molecule has 0 aliphatic carbocycles. The van der Waals surface area contributed by atoms with Crippen LogP contribution in [0.3, 0.4) is 0 Å². The molecule has 1 unspecified atom stereocenters. The van der Waals surface area contributed by atoms with E-state index in [0.29, 0.717) is 6.54 Å². The van der Waals surface area contributed by atoms with E-state index in [1.54, 1.807) is 11.3 Å². The van der Waals surface area contributed by atoms with Crippen molar-refractivity contribution < 1.29 is 9.59 Å². The highest BCUT2D eigenvalue weighted by atomic mass is 32.1. The number of amides is 2. The zero-order valence-corrected chi connectivity index (χ0v) is 13.5. The van der Waals surface area contributed by atoms with Crippen LogP contribution in [0, 0.1) is 0 Å². The van der Waals surface area contributed by atoms with E-state index in [0.717, 1.165) is 36.5 Å². The predicted molar refractivity (Wildman–Crippen MR) is 85.4 cm³/mol. The zero-order valence-electron chi connectivity index (χ0n) is 12.6. The summed E-state index contributed by atoms with van der Waals surface area (Å²) in [6.45, 7) is 5.75. The fourth-order valence-electron chi connectivity index (χ4n) is 2.50. The van der Waals surface area contributed by atoms with Gasteiger partial charge in [-0.05, 0) is 37.6 Å². The maximum Gasteiger partial charge on any atom is 0.239 e. The molecule has 1 fully saturated rings. The van der Waals surface area contributed by atoms with Crippen molar-refractivity contribution in [2.24, 2.45) is 0 Å². The van der Waals surface area contributed by atoms with Crippen molar-refractivity contribution in [3.05, 3.63) is 16.3 Å². The number of piperidine rings is 1. The molecule has 0 saturated carbocycles. The Labute approximate surface area is 129 Å². The summed E-state index contributed by atoms with van der Waals surface area (Å²) in [4.78, 5) is 26.4. The molecule has 6 heteroatoms. The van der Waals surface area contributed by atoms with Gasteiger partial charge in [-0.2, -0.15) is 0 Å². The summed E-state index contributed by atoms with van der Waals surface area (Å²) in [5.74, 6) is 0.0967. The molecule has 0 aromatic carbocycles. The van der Waals surface area contributed by atoms with Crippen LogP contribution in [0.15, 0.2) is 11.4 Å². The Kier molecular flexibility index (Phi) is 5.76. The van der Waals surface area contributed by atoms with E-state index in [-0.39, 0.29) is 17.9 Å². The van der Waals surface area contributed by atoms with Gasteiger partial charge >= 0.3 is 0 Å². The normalized spacial score (nSPS) is 16.6. The van der Waals surface area contributed by atoms with Crippen LogP contribution in [0.4, 0.5) is 5.69 Å². The first-order valence-electron chi connectivity index (χ1n) is 7.44. The molecular formula is C15H23N3O2S. The molecule has 21 heavy (non-hydrogen) atoms. The smallest absolute Gasteiger partial charge is 0.239 e. The van der Waals surface area contributed by atoms with Crippen molar-refractivity contribution in [2.45, 2.75) is 45.7 Å². The predicted octanol–water partition coefficient (Wildman–Crippen LogP) is 2.20. The molecule has 1 aromatic rings. The van der Waals surface area contributed by atoms with Crippen molar-refractivity contribution in [3.63, 3.8) is 0 Å². The van der Waals surface area contributed by atoms with Crippen molar-refractivity contribution in [1.29, 1.82) is 0 Å². The van der Waals surface area contributed by atoms with E-state index in [9.17, 15) is 9.59 Å². The fourth-order valence-corrected chi connectivity index (χ4v) is 3.28. The van der Waals surface area contributed by atoms with Crippen LogP contribution in [-0.2, 0) is 16.1 Å². The van der Waals surface area contributed by atoms with Gasteiger partial charge in [-0.3, -0.25) is 9.59 Å². The monoisotopic (exact) mass is 309 g/mol. The lowest BCUT2D eigenvalue weighted by Gasteiger charge is -2.29. The van der Waals surface area contributed by atoms with E-state index >= 15 is 0 Å². The van der Waals surface area contributed by atoms with Gasteiger partial charge < -0.3 is 15.5 Å². The Balaban J connectivity index is 1.85. The van der Waals surface area contributed by atoms with Gasteiger partial charge in [0.2, 0.25) is 11.8 Å². The summed E-state index contributed by atoms with van der Waals surface area (Å²) in [5.41, 5.74) is 0.831. The van der Waals surface area contributed by atoms with Gasteiger partial charge in [-0.25, -0.2) is 0 Å². The molecule has 2 amide bonds. The summed E-state index contributed by atoms with van der Waals surface area (Å²) in [5, 5.41) is 8.01. The molecule has 0 spiro atoms. The second-order valence-electron chi connectivity index (χ2n) is 5.43. The van der Waals surface area contributed by atoms with Crippen LogP contribution in [0.25, 0.3) is 0 Å². The van der Waals surface area contributed by atoms with Crippen LogP contribution in [0.1, 0.15) is 38.0 Å². The van der Waals surface area contributed by atoms with Crippen LogP contribution >= 0.6 is 11.3 Å². The van der Waals surface area contributed by atoms with Crippen molar-refractivity contribution in [2.75, 3.05) is 18.4 Å². The molecule has 116 valence electrons. The minimum atomic E-state index is -0.199. The van der Waals surface area contributed by atoms with Gasteiger partial charge in [0, 0.05) is 31.4 Å². The van der Waals surface area contributed by atoms with E-state index < -0.39 is 0 Å². The lowest BCUT2D eigenvalue weighted by molar-refractivity contribution is -0.134. The van der Waals surface area contributed by atoms with E-state index in [2.05, 4.69) is 10.6 Å². The van der Waals surface area contributed by atoms with Crippen LogP contribution in [0.5, 0.6) is 0 Å². The van der Waals surface area contributed by atoms with Gasteiger partial charge in [-0.1, -0.05) is 0 Å². The third-order valence-corrected chi connectivity index (χ3v) is 4.58. The van der Waals surface area contributed by atoms with Crippen LogP contribution in [0.2, 0.25) is 0 Å². The Hall–Kier alpha value is -1.40. The average molecular weight is 309 g/mol. The number of carbonyl (C=O) groups is 2. The molecule has 5 nitrogen and oxygen atoms in total. The second kappa shape index (κ2) is 7.56. The second-order valence-corrected chi connectivity index (χ2v) is 6.43. The Morgan fingerprint density at radius 3 is 2.71 bits per heavy atom. The number of thiophene rings is 1. The molecule has 1 aliphatic rings. The molecule has 1 saturated heterocycles. The highest BCUT2D eigenvalue weighted by Crippen LogP contribution is 2.22. The first-order chi connectivity index (χ1) is 10.1. The van der Waals surface area contributed by atoms with E-state index in [1.165, 1.54) is 13.3 Å². The summed E-state index contributed by atoms with van der Waals surface area (Å²) >= 11 is 1.58. The number of hydrogen-bond acceptors (Lipinski definition) is 4. The van der Waals surface area contributed by atoms with Gasteiger partial charge in [0.1, 0.15) is 0 Å². The number of nitrogens with zero attached hydrogens (tertiary/aromatic N) is 1. The number of carbonyl (C=O) groups excluding carboxylic acids is 2. The molecule has 0 radical (unpaired) electrons. The summed E-state index contributed by atoms with van der Waals surface area (Å²) in [7, 11) is 0. The number of nitrogens with one attached hydrogen (secondary N) is 2. The molecule has 0 bridgehead atoms. The number of hydrogen-bond donors (Lipinski definition) is 2. The third-order valence-electron chi connectivity index (χ3n) is 3.66. The minimum Gasteiger partial charge on any atom is -0.341 e. The van der Waals surface area contributed by atoms with E-state index in [1.807, 2.05) is 23.3 Å². The Morgan fingerprint density at radius 2 is 2.05 bits per heavy atom. The molecule has 2 heterocycles. The molecule has 2 N–H and O–H groups in total. The third kappa shape index (κ3) is 4.54. The Morgan fingerprint density at radius 1 is 1.33 bits per heavy atom. The highest BCUT2D eigenvalue weighted by molar-refractivity contribution is 7.10. The van der Waals surface area contributed by atoms with Crippen molar-refractivity contribution >= 4 is 28.8 Å². The molecular weight excluding hydrogens is 286 g/mol. The Bertz CT molecular complexity index is 495. The first kappa shape index (κ1) is 16.0. The molecule has 1 aromatic heterocycles. The number of likely N-dealkylation sites (tertiary alicyclic amines) is 1.